The number of rotatable bonds is 3. The Hall–Kier alpha value is -2.05. The van der Waals surface area contributed by atoms with E-state index >= 15 is 0 Å². The number of fused-ring (bicyclic) bond motifs is 2. The summed E-state index contributed by atoms with van der Waals surface area (Å²) in [6, 6.07) is 2.05. The minimum atomic E-state index is -0.466. The van der Waals surface area contributed by atoms with Gasteiger partial charge in [0.1, 0.15) is 17.7 Å². The number of carbonyl (C=O) groups is 1. The molecule has 126 valence electrons. The lowest BCUT2D eigenvalue weighted by Crippen LogP contribution is -2.65. The van der Waals surface area contributed by atoms with Crippen molar-refractivity contribution in [1.82, 2.24) is 15.3 Å². The first-order chi connectivity index (χ1) is 10.9. The molecule has 3 atom stereocenters. The monoisotopic (exact) mass is 320 g/mol. The van der Waals surface area contributed by atoms with Crippen LogP contribution in [-0.4, -0.2) is 47.9 Å². The quantitative estimate of drug-likeness (QED) is 0.916. The smallest absolute Gasteiger partial charge is 0.407 e. The van der Waals surface area contributed by atoms with Crippen molar-refractivity contribution in [3.63, 3.8) is 0 Å². The average Bonchev–Trinajstić information content (AvgIpc) is 2.51. The van der Waals surface area contributed by atoms with Crippen LogP contribution in [0.1, 0.15) is 27.2 Å². The average molecular weight is 320 g/mol. The van der Waals surface area contributed by atoms with Crippen molar-refractivity contribution in [2.45, 2.75) is 38.8 Å². The van der Waals surface area contributed by atoms with E-state index in [9.17, 15) is 4.79 Å². The number of nitrogens with zero attached hydrogens (tertiary/aromatic N) is 3. The van der Waals surface area contributed by atoms with Gasteiger partial charge in [0.25, 0.3) is 0 Å². The minimum Gasteiger partial charge on any atom is -0.481 e. The highest BCUT2D eigenvalue weighted by atomic mass is 16.6. The zero-order valence-electron chi connectivity index (χ0n) is 14.1. The van der Waals surface area contributed by atoms with Crippen LogP contribution < -0.4 is 15.0 Å². The highest BCUT2D eigenvalue weighted by Gasteiger charge is 2.48. The highest BCUT2D eigenvalue weighted by Crippen LogP contribution is 2.41. The van der Waals surface area contributed by atoms with E-state index in [-0.39, 0.29) is 12.1 Å². The van der Waals surface area contributed by atoms with E-state index < -0.39 is 5.60 Å². The number of ether oxygens (including phenoxy) is 2. The Kier molecular flexibility index (Phi) is 4.04. The molecule has 1 aromatic heterocycles. The number of methoxy groups -OCH3 is 1. The van der Waals surface area contributed by atoms with Crippen LogP contribution in [0.15, 0.2) is 12.4 Å². The van der Waals surface area contributed by atoms with Crippen LogP contribution in [0.5, 0.6) is 5.88 Å². The van der Waals surface area contributed by atoms with E-state index in [1.54, 1.807) is 7.11 Å². The molecule has 23 heavy (non-hydrogen) atoms. The molecular weight excluding hydrogens is 296 g/mol. The molecule has 2 aliphatic heterocycles. The van der Waals surface area contributed by atoms with Crippen LogP contribution in [0.4, 0.5) is 10.6 Å². The molecule has 1 N–H and O–H groups in total. The lowest BCUT2D eigenvalue weighted by atomic mass is 9.66. The molecule has 1 unspecified atom stereocenters. The molecule has 1 saturated carbocycles. The predicted octanol–water partition coefficient (Wildman–Crippen LogP) is 1.83. The second kappa shape index (κ2) is 5.86. The topological polar surface area (TPSA) is 76.6 Å². The van der Waals surface area contributed by atoms with Gasteiger partial charge in [0, 0.05) is 25.2 Å². The molecule has 3 fully saturated rings. The standard InChI is InChI=1S/C16H24N4O3/c1-16(2,3)23-15(21)19-14-10-5-11(14)8-20(7-10)12-6-13(22-4)18-9-17-12/h6,9-11,14H,5,7-8H2,1-4H3,(H,19,21)/t10-,11?,14-/m0/s1. The van der Waals surface area contributed by atoms with Crippen molar-refractivity contribution in [1.29, 1.82) is 0 Å². The summed E-state index contributed by atoms with van der Waals surface area (Å²) in [5.74, 6) is 2.31. The molecule has 0 radical (unpaired) electrons. The highest BCUT2D eigenvalue weighted by molar-refractivity contribution is 5.68. The molecule has 2 saturated heterocycles. The van der Waals surface area contributed by atoms with Crippen molar-refractivity contribution >= 4 is 11.9 Å². The SMILES string of the molecule is COc1cc(N2CC3C[C@@H](C2)[C@@H]3NC(=O)OC(C)(C)C)ncn1. The fourth-order valence-corrected chi connectivity index (χ4v) is 3.37. The summed E-state index contributed by atoms with van der Waals surface area (Å²) in [4.78, 5) is 22.5. The number of hydrogen-bond donors (Lipinski definition) is 1. The van der Waals surface area contributed by atoms with Crippen LogP contribution in [0.2, 0.25) is 0 Å². The number of piperidine rings is 2. The normalized spacial score (nSPS) is 26.3. The van der Waals surface area contributed by atoms with E-state index in [2.05, 4.69) is 20.2 Å². The number of nitrogens with one attached hydrogen (secondary N) is 1. The number of amides is 1. The third-order valence-corrected chi connectivity index (χ3v) is 4.38. The molecule has 1 aromatic rings. The lowest BCUT2D eigenvalue weighted by molar-refractivity contribution is 0.0283. The van der Waals surface area contributed by atoms with Crippen molar-refractivity contribution in [2.24, 2.45) is 11.8 Å². The Balaban J connectivity index is 1.58. The second-order valence-corrected chi connectivity index (χ2v) is 7.25. The summed E-state index contributed by atoms with van der Waals surface area (Å²) in [5, 5.41) is 3.02. The summed E-state index contributed by atoms with van der Waals surface area (Å²) in [7, 11) is 1.60. The maximum absolute atomic E-state index is 11.9. The van der Waals surface area contributed by atoms with E-state index in [1.807, 2.05) is 26.8 Å². The maximum atomic E-state index is 11.9. The molecule has 2 bridgehead atoms. The first kappa shape index (κ1) is 15.8. The largest absolute Gasteiger partial charge is 0.481 e. The second-order valence-electron chi connectivity index (χ2n) is 7.25. The fourth-order valence-electron chi connectivity index (χ4n) is 3.37. The Morgan fingerprint density at radius 3 is 2.61 bits per heavy atom. The van der Waals surface area contributed by atoms with Gasteiger partial charge in [0.2, 0.25) is 5.88 Å². The van der Waals surface area contributed by atoms with Crippen LogP contribution in [0.25, 0.3) is 0 Å². The zero-order chi connectivity index (χ0) is 16.6. The van der Waals surface area contributed by atoms with Gasteiger partial charge in [-0.05, 0) is 39.0 Å². The predicted molar refractivity (Wildman–Crippen MR) is 85.6 cm³/mol. The number of carbonyl (C=O) groups excluding carboxylic acids is 1. The summed E-state index contributed by atoms with van der Waals surface area (Å²) in [6.07, 6.45) is 2.33. The van der Waals surface area contributed by atoms with Gasteiger partial charge in [0.05, 0.1) is 7.11 Å². The Labute approximate surface area is 136 Å². The van der Waals surface area contributed by atoms with Crippen molar-refractivity contribution in [3.8, 4) is 5.88 Å². The minimum absolute atomic E-state index is 0.199. The van der Waals surface area contributed by atoms with Gasteiger partial charge in [-0.25, -0.2) is 14.8 Å². The summed E-state index contributed by atoms with van der Waals surface area (Å²) in [6.45, 7) is 7.36. The molecular formula is C16H24N4O3. The third kappa shape index (κ3) is 3.48. The van der Waals surface area contributed by atoms with Gasteiger partial charge in [-0.2, -0.15) is 0 Å². The van der Waals surface area contributed by atoms with Crippen molar-refractivity contribution in [2.75, 3.05) is 25.1 Å². The van der Waals surface area contributed by atoms with Gasteiger partial charge < -0.3 is 19.7 Å². The van der Waals surface area contributed by atoms with Crippen LogP contribution in [0.3, 0.4) is 0 Å². The van der Waals surface area contributed by atoms with Crippen LogP contribution in [-0.2, 0) is 4.74 Å². The van der Waals surface area contributed by atoms with Crippen LogP contribution in [0, 0.1) is 11.8 Å². The van der Waals surface area contributed by atoms with E-state index in [1.165, 1.54) is 6.33 Å². The summed E-state index contributed by atoms with van der Waals surface area (Å²) in [5.41, 5.74) is -0.466. The van der Waals surface area contributed by atoms with Crippen LogP contribution >= 0.6 is 0 Å². The Bertz CT molecular complexity index is 575. The molecule has 4 rings (SSSR count). The third-order valence-electron chi connectivity index (χ3n) is 4.38. The zero-order valence-corrected chi connectivity index (χ0v) is 14.1. The molecule has 7 heteroatoms. The molecule has 0 spiro atoms. The lowest BCUT2D eigenvalue weighted by Gasteiger charge is -2.53. The number of aromatic nitrogens is 2. The van der Waals surface area contributed by atoms with Crippen molar-refractivity contribution in [3.05, 3.63) is 12.4 Å². The molecule has 3 aliphatic rings. The number of alkyl carbamates (subject to hydrolysis) is 1. The van der Waals surface area contributed by atoms with Gasteiger partial charge in [-0.15, -0.1) is 0 Å². The molecule has 7 nitrogen and oxygen atoms in total. The van der Waals surface area contributed by atoms with Gasteiger partial charge >= 0.3 is 6.09 Å². The number of hydrogen-bond acceptors (Lipinski definition) is 6. The number of anilines is 1. The maximum Gasteiger partial charge on any atom is 0.407 e. The Morgan fingerprint density at radius 1 is 1.30 bits per heavy atom. The molecule has 1 amide bonds. The summed E-state index contributed by atoms with van der Waals surface area (Å²) < 4.78 is 10.5. The van der Waals surface area contributed by atoms with Gasteiger partial charge in [-0.3, -0.25) is 0 Å². The van der Waals surface area contributed by atoms with E-state index in [0.29, 0.717) is 17.7 Å². The molecule has 3 heterocycles. The molecule has 1 aliphatic carbocycles. The van der Waals surface area contributed by atoms with Gasteiger partial charge in [-0.1, -0.05) is 0 Å². The Morgan fingerprint density at radius 2 is 2.00 bits per heavy atom. The van der Waals surface area contributed by atoms with Gasteiger partial charge in [0.15, 0.2) is 0 Å². The van der Waals surface area contributed by atoms with E-state index in [4.69, 9.17) is 9.47 Å². The fraction of sp³-hybridized carbons (Fsp3) is 0.688. The first-order valence-corrected chi connectivity index (χ1v) is 7.96. The molecule has 0 aromatic carbocycles. The van der Waals surface area contributed by atoms with E-state index in [0.717, 1.165) is 25.3 Å². The first-order valence-electron chi connectivity index (χ1n) is 7.96. The van der Waals surface area contributed by atoms with Crippen molar-refractivity contribution < 1.29 is 14.3 Å². The summed E-state index contributed by atoms with van der Waals surface area (Å²) >= 11 is 0.